The van der Waals surface area contributed by atoms with Crippen LogP contribution in [-0.4, -0.2) is 15.5 Å². The smallest absolute Gasteiger partial charge is 0.245 e. The molecule has 5 nitrogen and oxygen atoms in total. The van der Waals surface area contributed by atoms with Gasteiger partial charge in [-0.3, -0.25) is 4.79 Å². The van der Waals surface area contributed by atoms with Crippen molar-refractivity contribution in [2.24, 2.45) is 17.9 Å². The lowest BCUT2D eigenvalue weighted by Crippen LogP contribution is -2.27. The number of hydrogen-bond donors (Lipinski definition) is 1. The van der Waals surface area contributed by atoms with E-state index < -0.39 is 5.41 Å². The van der Waals surface area contributed by atoms with Crippen molar-refractivity contribution in [2.45, 2.75) is 58.3 Å². The summed E-state index contributed by atoms with van der Waals surface area (Å²) in [5, 5.41) is 12.7. The molecule has 2 fully saturated rings. The molecule has 5 heteroatoms. The summed E-state index contributed by atoms with van der Waals surface area (Å²) in [7, 11) is 2.02. The number of nitrogens with one attached hydrogen (secondary N) is 1. The van der Waals surface area contributed by atoms with Crippen LogP contribution in [0.5, 0.6) is 0 Å². The summed E-state index contributed by atoms with van der Waals surface area (Å²) in [6.07, 6.45) is 4.98. The normalized spacial score (nSPS) is 24.0. The number of hydrogen-bond acceptors (Lipinski definition) is 3. The predicted octanol–water partition coefficient (Wildman–Crippen LogP) is 4.28. The molecule has 2 aliphatic carbocycles. The average Bonchev–Trinajstić information content (AvgIpc) is 2.83. The van der Waals surface area contributed by atoms with Gasteiger partial charge in [-0.05, 0) is 37.5 Å². The maximum atomic E-state index is 12.9. The van der Waals surface area contributed by atoms with E-state index in [4.69, 9.17) is 4.98 Å². The SMILES string of the molecule is Cn1c(C(C)(C)C)nc2cc(NC(=O)[C@]3(C#N)CC34CCCC4)ccc21. The van der Waals surface area contributed by atoms with Crippen LogP contribution in [0.4, 0.5) is 5.69 Å². The highest BCUT2D eigenvalue weighted by molar-refractivity contribution is 6.01. The Morgan fingerprint density at radius 1 is 1.31 bits per heavy atom. The lowest BCUT2D eigenvalue weighted by Gasteiger charge is -2.17. The van der Waals surface area contributed by atoms with E-state index >= 15 is 0 Å². The zero-order valence-corrected chi connectivity index (χ0v) is 16.0. The highest BCUT2D eigenvalue weighted by Crippen LogP contribution is 2.71. The number of anilines is 1. The fourth-order valence-corrected chi connectivity index (χ4v) is 4.83. The number of amides is 1. The standard InChI is InChI=1S/C21H26N4O/c1-19(2,3)17-24-15-11-14(7-8-16(15)25(17)4)23-18(26)21(13-22)12-20(21)9-5-6-10-20/h7-8,11H,5-6,9-10,12H2,1-4H3,(H,23,26)/t21-/m1/s1. The van der Waals surface area contributed by atoms with Crippen LogP contribution in [0.3, 0.4) is 0 Å². The monoisotopic (exact) mass is 350 g/mol. The van der Waals surface area contributed by atoms with Crippen LogP contribution in [0.2, 0.25) is 0 Å². The number of benzene rings is 1. The van der Waals surface area contributed by atoms with Gasteiger partial charge in [0.1, 0.15) is 11.2 Å². The highest BCUT2D eigenvalue weighted by atomic mass is 16.2. The van der Waals surface area contributed by atoms with Crippen molar-refractivity contribution in [2.75, 3.05) is 5.32 Å². The number of aryl methyl sites for hydroxylation is 1. The first-order valence-corrected chi connectivity index (χ1v) is 9.42. The molecule has 0 radical (unpaired) electrons. The summed E-state index contributed by atoms with van der Waals surface area (Å²) in [4.78, 5) is 17.7. The number of nitriles is 1. The molecule has 0 unspecified atom stereocenters. The minimum absolute atomic E-state index is 0.0507. The molecule has 1 aromatic carbocycles. The predicted molar refractivity (Wildman–Crippen MR) is 102 cm³/mol. The molecule has 136 valence electrons. The second kappa shape index (κ2) is 5.33. The van der Waals surface area contributed by atoms with Gasteiger partial charge in [0.05, 0.1) is 17.1 Å². The second-order valence-corrected chi connectivity index (χ2v) is 9.08. The van der Waals surface area contributed by atoms with Gasteiger partial charge >= 0.3 is 0 Å². The third-order valence-corrected chi connectivity index (χ3v) is 6.33. The van der Waals surface area contributed by atoms with Crippen molar-refractivity contribution >= 4 is 22.6 Å². The molecule has 0 saturated heterocycles. The quantitative estimate of drug-likeness (QED) is 0.878. The molecule has 2 aromatic rings. The Hall–Kier alpha value is -2.35. The number of carbonyl (C=O) groups is 1. The number of rotatable bonds is 2. The van der Waals surface area contributed by atoms with Crippen LogP contribution >= 0.6 is 0 Å². The van der Waals surface area contributed by atoms with Crippen LogP contribution in [0.25, 0.3) is 11.0 Å². The summed E-state index contributed by atoms with van der Waals surface area (Å²) in [6.45, 7) is 6.42. The van der Waals surface area contributed by atoms with E-state index in [2.05, 4.69) is 36.7 Å². The first-order chi connectivity index (χ1) is 12.2. The van der Waals surface area contributed by atoms with E-state index in [1.807, 2.05) is 25.2 Å². The first-order valence-electron chi connectivity index (χ1n) is 9.42. The Morgan fingerprint density at radius 2 is 2.00 bits per heavy atom. The fourth-order valence-electron chi connectivity index (χ4n) is 4.83. The lowest BCUT2D eigenvalue weighted by molar-refractivity contribution is -0.120. The third kappa shape index (κ3) is 2.28. The molecule has 2 saturated carbocycles. The average molecular weight is 350 g/mol. The van der Waals surface area contributed by atoms with Gasteiger partial charge in [0, 0.05) is 23.6 Å². The van der Waals surface area contributed by atoms with Gasteiger partial charge in [0.25, 0.3) is 0 Å². The molecule has 1 spiro atoms. The molecule has 0 aliphatic heterocycles. The van der Waals surface area contributed by atoms with Gasteiger partial charge in [-0.2, -0.15) is 5.26 Å². The molecular weight excluding hydrogens is 324 g/mol. The van der Waals surface area contributed by atoms with Crippen molar-refractivity contribution in [3.8, 4) is 6.07 Å². The minimum Gasteiger partial charge on any atom is -0.331 e. The Labute approximate surface area is 154 Å². The van der Waals surface area contributed by atoms with Crippen molar-refractivity contribution in [1.29, 1.82) is 5.26 Å². The summed E-state index contributed by atoms with van der Waals surface area (Å²) in [5.41, 5.74) is 1.68. The molecule has 2 aliphatic rings. The molecule has 1 aromatic heterocycles. The zero-order valence-electron chi connectivity index (χ0n) is 16.0. The molecule has 1 atom stereocenters. The summed E-state index contributed by atoms with van der Waals surface area (Å²) in [6, 6.07) is 8.15. The largest absolute Gasteiger partial charge is 0.331 e. The maximum absolute atomic E-state index is 12.9. The maximum Gasteiger partial charge on any atom is 0.245 e. The van der Waals surface area contributed by atoms with Gasteiger partial charge in [-0.15, -0.1) is 0 Å². The molecule has 1 N–H and O–H groups in total. The molecule has 0 bridgehead atoms. The van der Waals surface area contributed by atoms with Gasteiger partial charge < -0.3 is 9.88 Å². The van der Waals surface area contributed by atoms with E-state index in [0.717, 1.165) is 48.2 Å². The Kier molecular flexibility index (Phi) is 3.50. The van der Waals surface area contributed by atoms with Crippen LogP contribution in [0, 0.1) is 22.2 Å². The number of aromatic nitrogens is 2. The van der Waals surface area contributed by atoms with Gasteiger partial charge in [-0.25, -0.2) is 4.98 Å². The van der Waals surface area contributed by atoms with Gasteiger partial charge in [-0.1, -0.05) is 33.6 Å². The van der Waals surface area contributed by atoms with Crippen LogP contribution in [0.15, 0.2) is 18.2 Å². The molecule has 4 rings (SSSR count). The third-order valence-electron chi connectivity index (χ3n) is 6.33. The van der Waals surface area contributed by atoms with E-state index in [9.17, 15) is 10.1 Å². The van der Waals surface area contributed by atoms with Crippen LogP contribution in [-0.2, 0) is 17.3 Å². The summed E-state index contributed by atoms with van der Waals surface area (Å²) in [5.74, 6) is 0.866. The number of nitrogens with zero attached hydrogens (tertiary/aromatic N) is 3. The van der Waals surface area contributed by atoms with Crippen LogP contribution < -0.4 is 5.32 Å². The van der Waals surface area contributed by atoms with Gasteiger partial charge in [0.15, 0.2) is 0 Å². The first kappa shape index (κ1) is 17.1. The van der Waals surface area contributed by atoms with E-state index in [1.54, 1.807) is 0 Å². The fraction of sp³-hybridized carbons (Fsp3) is 0.571. The molecule has 26 heavy (non-hydrogen) atoms. The Bertz CT molecular complexity index is 937. The number of imidazole rings is 1. The molecular formula is C21H26N4O. The Morgan fingerprint density at radius 3 is 2.62 bits per heavy atom. The van der Waals surface area contributed by atoms with Gasteiger partial charge in [0.2, 0.25) is 5.91 Å². The van der Waals surface area contributed by atoms with Crippen molar-refractivity contribution in [3.05, 3.63) is 24.0 Å². The zero-order chi connectivity index (χ0) is 18.7. The lowest BCUT2D eigenvalue weighted by atomic mass is 9.91. The summed E-state index contributed by atoms with van der Waals surface area (Å²) >= 11 is 0. The molecule has 1 heterocycles. The summed E-state index contributed by atoms with van der Waals surface area (Å²) < 4.78 is 2.10. The highest BCUT2D eigenvalue weighted by Gasteiger charge is 2.72. The van der Waals surface area contributed by atoms with Crippen LogP contribution in [0.1, 0.15) is 58.7 Å². The van der Waals surface area contributed by atoms with Crippen molar-refractivity contribution in [3.63, 3.8) is 0 Å². The number of fused-ring (bicyclic) bond motifs is 1. The second-order valence-electron chi connectivity index (χ2n) is 9.08. The van der Waals surface area contributed by atoms with E-state index in [1.165, 1.54) is 0 Å². The molecule has 1 amide bonds. The van der Waals surface area contributed by atoms with E-state index in [-0.39, 0.29) is 16.7 Å². The topological polar surface area (TPSA) is 70.7 Å². The van der Waals surface area contributed by atoms with Crippen molar-refractivity contribution < 1.29 is 4.79 Å². The minimum atomic E-state index is -0.834. The number of carbonyl (C=O) groups excluding carboxylic acids is 1. The van der Waals surface area contributed by atoms with E-state index in [0.29, 0.717) is 6.42 Å². The van der Waals surface area contributed by atoms with Crippen molar-refractivity contribution in [1.82, 2.24) is 9.55 Å². The Balaban J connectivity index is 1.62.